The average Bonchev–Trinajstić information content (AvgIpc) is 3.40. The van der Waals surface area contributed by atoms with Gasteiger partial charge in [-0.2, -0.15) is 0 Å². The zero-order chi connectivity index (χ0) is 26.8. The molecular weight excluding hydrogens is 498 g/mol. The highest BCUT2D eigenvalue weighted by Crippen LogP contribution is 2.31. The lowest BCUT2D eigenvalue weighted by Gasteiger charge is -2.19. The van der Waals surface area contributed by atoms with Crippen LogP contribution in [0.15, 0.2) is 89.0 Å². The molecule has 0 saturated carbocycles. The van der Waals surface area contributed by atoms with Crippen LogP contribution < -0.4 is 10.9 Å². The molecular formula is C30H25N3O4S. The number of aromatic nitrogens is 2. The number of amides is 1. The van der Waals surface area contributed by atoms with Crippen LogP contribution in [0.1, 0.15) is 23.0 Å². The van der Waals surface area contributed by atoms with E-state index in [1.165, 1.54) is 29.9 Å². The Kier molecular flexibility index (Phi) is 6.89. The third-order valence-corrected chi connectivity index (χ3v) is 7.05. The molecule has 1 amide bonds. The summed E-state index contributed by atoms with van der Waals surface area (Å²) in [5.74, 6) is -1.28. The highest BCUT2D eigenvalue weighted by atomic mass is 32.1. The Labute approximate surface area is 223 Å². The summed E-state index contributed by atoms with van der Waals surface area (Å²) in [4.78, 5) is 44.0. The van der Waals surface area contributed by atoms with Crippen molar-refractivity contribution in [3.8, 4) is 22.4 Å². The molecule has 0 aliphatic rings. The molecule has 0 spiro atoms. The summed E-state index contributed by atoms with van der Waals surface area (Å²) in [6.45, 7) is 3.47. The van der Waals surface area contributed by atoms with E-state index in [4.69, 9.17) is 4.74 Å². The van der Waals surface area contributed by atoms with Crippen LogP contribution in [0, 0.1) is 6.92 Å². The van der Waals surface area contributed by atoms with Crippen LogP contribution in [-0.4, -0.2) is 27.5 Å². The van der Waals surface area contributed by atoms with Crippen molar-refractivity contribution in [3.63, 3.8) is 0 Å². The van der Waals surface area contributed by atoms with Crippen LogP contribution in [0.4, 0.5) is 5.13 Å². The summed E-state index contributed by atoms with van der Waals surface area (Å²) in [7, 11) is 1.54. The Morgan fingerprint density at radius 2 is 1.58 bits per heavy atom. The first kappa shape index (κ1) is 25.1. The van der Waals surface area contributed by atoms with Crippen LogP contribution in [0.3, 0.4) is 0 Å². The molecule has 8 heteroatoms. The van der Waals surface area contributed by atoms with E-state index in [1.807, 2.05) is 79.0 Å². The van der Waals surface area contributed by atoms with E-state index in [0.29, 0.717) is 21.5 Å². The van der Waals surface area contributed by atoms with Gasteiger partial charge in [-0.25, -0.2) is 9.78 Å². The van der Waals surface area contributed by atoms with Gasteiger partial charge in [0, 0.05) is 28.9 Å². The number of carbonyl (C=O) groups is 2. The highest BCUT2D eigenvalue weighted by molar-refractivity contribution is 7.14. The van der Waals surface area contributed by atoms with Gasteiger partial charge in [0.25, 0.3) is 11.5 Å². The van der Waals surface area contributed by atoms with Crippen LogP contribution in [0.5, 0.6) is 0 Å². The number of pyridine rings is 1. The monoisotopic (exact) mass is 523 g/mol. The number of rotatable bonds is 6. The van der Waals surface area contributed by atoms with Crippen molar-refractivity contribution in [2.24, 2.45) is 7.05 Å². The molecule has 1 N–H and O–H groups in total. The highest BCUT2D eigenvalue weighted by Gasteiger charge is 2.26. The van der Waals surface area contributed by atoms with E-state index in [9.17, 15) is 14.4 Å². The Morgan fingerprint density at radius 1 is 0.921 bits per heavy atom. The van der Waals surface area contributed by atoms with E-state index >= 15 is 0 Å². The summed E-state index contributed by atoms with van der Waals surface area (Å²) in [5, 5.41) is 6.10. The summed E-state index contributed by atoms with van der Waals surface area (Å²) >= 11 is 1.28. The predicted octanol–water partition coefficient (Wildman–Crippen LogP) is 5.82. The second kappa shape index (κ2) is 10.4. The molecule has 5 aromatic rings. The van der Waals surface area contributed by atoms with E-state index < -0.39 is 18.0 Å². The lowest BCUT2D eigenvalue weighted by molar-refractivity contribution is -0.123. The maximum atomic E-state index is 13.5. The number of nitrogens with zero attached hydrogens (tertiary/aromatic N) is 2. The van der Waals surface area contributed by atoms with Gasteiger partial charge in [0.2, 0.25) is 0 Å². The molecule has 1 unspecified atom stereocenters. The maximum absolute atomic E-state index is 13.5. The van der Waals surface area contributed by atoms with Gasteiger partial charge in [-0.05, 0) is 30.9 Å². The van der Waals surface area contributed by atoms with Gasteiger partial charge >= 0.3 is 5.97 Å². The van der Waals surface area contributed by atoms with Crippen molar-refractivity contribution in [1.82, 2.24) is 9.55 Å². The molecule has 0 radical (unpaired) electrons. The van der Waals surface area contributed by atoms with Gasteiger partial charge in [0.1, 0.15) is 5.69 Å². The second-order valence-electron chi connectivity index (χ2n) is 8.94. The first-order valence-electron chi connectivity index (χ1n) is 12.0. The summed E-state index contributed by atoms with van der Waals surface area (Å²) in [6.07, 6.45) is -1.13. The Balaban J connectivity index is 1.44. The number of esters is 1. The molecule has 0 aliphatic heterocycles. The summed E-state index contributed by atoms with van der Waals surface area (Å²) in [6, 6.07) is 24.5. The van der Waals surface area contributed by atoms with E-state index in [0.717, 1.165) is 22.4 Å². The Bertz CT molecular complexity index is 1710. The number of ether oxygens (including phenoxy) is 1. The number of fused-ring (bicyclic) bond motifs is 1. The fraction of sp³-hybridized carbons (Fsp3) is 0.133. The van der Waals surface area contributed by atoms with Gasteiger partial charge in [-0.1, -0.05) is 78.4 Å². The number of thiazole rings is 1. The summed E-state index contributed by atoms with van der Waals surface area (Å²) < 4.78 is 6.89. The number of benzene rings is 3. The average molecular weight is 524 g/mol. The normalized spacial score (nSPS) is 11.8. The van der Waals surface area contributed by atoms with Gasteiger partial charge in [-0.3, -0.25) is 14.9 Å². The zero-order valence-corrected chi connectivity index (χ0v) is 21.9. The number of aryl methyl sites for hydroxylation is 1. The molecule has 0 aliphatic carbocycles. The number of hydrogen-bond donors (Lipinski definition) is 1. The van der Waals surface area contributed by atoms with Gasteiger partial charge in [-0.15, -0.1) is 11.3 Å². The van der Waals surface area contributed by atoms with Crippen LogP contribution in [0.25, 0.3) is 33.2 Å². The fourth-order valence-electron chi connectivity index (χ4n) is 4.27. The summed E-state index contributed by atoms with van der Waals surface area (Å²) in [5.41, 5.74) is 3.84. The molecule has 190 valence electrons. The smallest absolute Gasteiger partial charge is 0.356 e. The molecule has 5 rings (SSSR count). The molecule has 1 atom stereocenters. The lowest BCUT2D eigenvalue weighted by atomic mass is 9.96. The van der Waals surface area contributed by atoms with E-state index in [-0.39, 0.29) is 11.3 Å². The van der Waals surface area contributed by atoms with Crippen molar-refractivity contribution >= 4 is 39.1 Å². The lowest BCUT2D eigenvalue weighted by Crippen LogP contribution is -2.32. The zero-order valence-electron chi connectivity index (χ0n) is 21.1. The van der Waals surface area contributed by atoms with Gasteiger partial charge in [0.05, 0.1) is 5.69 Å². The molecule has 2 heterocycles. The molecule has 0 saturated heterocycles. The predicted molar refractivity (Wildman–Crippen MR) is 150 cm³/mol. The van der Waals surface area contributed by atoms with Crippen LogP contribution in [-0.2, 0) is 16.6 Å². The Morgan fingerprint density at radius 3 is 2.29 bits per heavy atom. The quantitative estimate of drug-likeness (QED) is 0.283. The second-order valence-corrected chi connectivity index (χ2v) is 9.80. The number of carbonyl (C=O) groups excluding carboxylic acids is 2. The Hall–Kier alpha value is -4.56. The number of anilines is 1. The minimum absolute atomic E-state index is 0.0813. The van der Waals surface area contributed by atoms with Crippen molar-refractivity contribution in [2.75, 3.05) is 5.32 Å². The topological polar surface area (TPSA) is 90.3 Å². The van der Waals surface area contributed by atoms with Gasteiger partial charge in [0.15, 0.2) is 11.2 Å². The first-order chi connectivity index (χ1) is 18.3. The number of nitrogens with one attached hydrogen (secondary N) is 1. The van der Waals surface area contributed by atoms with Crippen molar-refractivity contribution in [3.05, 3.63) is 106 Å². The van der Waals surface area contributed by atoms with Crippen LogP contribution in [0.2, 0.25) is 0 Å². The van der Waals surface area contributed by atoms with Crippen molar-refractivity contribution in [1.29, 1.82) is 0 Å². The first-order valence-corrected chi connectivity index (χ1v) is 12.9. The van der Waals surface area contributed by atoms with Crippen molar-refractivity contribution in [2.45, 2.75) is 20.0 Å². The minimum atomic E-state index is -1.13. The minimum Gasteiger partial charge on any atom is -0.448 e. The van der Waals surface area contributed by atoms with E-state index in [2.05, 4.69) is 10.3 Å². The standard InChI is InChI=1S/C30H25N3O4S/c1-18-13-15-21(16-14-18)25-22-11-7-8-12-23(22)28(35)33(3)26(25)29(36)37-19(2)27(34)32-30-31-24(17-38-30)20-9-5-4-6-10-20/h4-17,19H,1-3H3,(H,31,32,34). The largest absolute Gasteiger partial charge is 0.448 e. The van der Waals surface area contributed by atoms with Crippen LogP contribution >= 0.6 is 11.3 Å². The molecule has 0 bridgehead atoms. The molecule has 3 aromatic carbocycles. The van der Waals surface area contributed by atoms with E-state index in [1.54, 1.807) is 12.1 Å². The van der Waals surface area contributed by atoms with Gasteiger partial charge < -0.3 is 9.30 Å². The number of hydrogen-bond acceptors (Lipinski definition) is 6. The molecule has 7 nitrogen and oxygen atoms in total. The SMILES string of the molecule is Cc1ccc(-c2c(C(=O)OC(C)C(=O)Nc3nc(-c4ccccc4)cs3)n(C)c(=O)c3ccccc23)cc1. The molecule has 2 aromatic heterocycles. The molecule has 0 fully saturated rings. The molecule has 38 heavy (non-hydrogen) atoms. The third-order valence-electron chi connectivity index (χ3n) is 6.29. The fourth-order valence-corrected chi connectivity index (χ4v) is 4.99. The third kappa shape index (κ3) is 4.86. The van der Waals surface area contributed by atoms with Crippen molar-refractivity contribution < 1.29 is 14.3 Å². The maximum Gasteiger partial charge on any atom is 0.356 e.